The second-order valence-electron chi connectivity index (χ2n) is 3.58. The minimum absolute atomic E-state index is 0.00950. The minimum Gasteiger partial charge on any atom is -0.481 e. The van der Waals surface area contributed by atoms with Crippen molar-refractivity contribution in [1.82, 2.24) is 0 Å². The quantitative estimate of drug-likeness (QED) is 0.767. The topological polar surface area (TPSA) is 65.0 Å². The van der Waals surface area contributed by atoms with Crippen LogP contribution < -0.4 is 14.2 Å². The number of carbonyl (C=O) groups is 1. The summed E-state index contributed by atoms with van der Waals surface area (Å²) in [5.74, 6) is 5.87. The van der Waals surface area contributed by atoms with Crippen LogP contribution in [-0.2, 0) is 0 Å². The molecule has 0 aliphatic heterocycles. The highest BCUT2D eigenvalue weighted by atomic mass is 16.5. The van der Waals surface area contributed by atoms with E-state index in [1.165, 1.54) is 12.1 Å². The smallest absolute Gasteiger partial charge is 0.343 e. The van der Waals surface area contributed by atoms with Crippen molar-refractivity contribution in [1.29, 1.82) is 0 Å². The Kier molecular flexibility index (Phi) is 6.06. The van der Waals surface area contributed by atoms with Crippen LogP contribution in [0.2, 0.25) is 0 Å². The van der Waals surface area contributed by atoms with Gasteiger partial charge in [-0.1, -0.05) is 17.8 Å². The van der Waals surface area contributed by atoms with Crippen molar-refractivity contribution in [2.45, 2.75) is 0 Å². The molecule has 0 saturated carbocycles. The van der Waals surface area contributed by atoms with Crippen LogP contribution in [0.25, 0.3) is 0 Å². The highest BCUT2D eigenvalue weighted by molar-refractivity contribution is 5.94. The van der Waals surface area contributed by atoms with E-state index in [-0.39, 0.29) is 42.6 Å². The monoisotopic (exact) mass is 284 g/mol. The van der Waals surface area contributed by atoms with Crippen molar-refractivity contribution in [3.05, 3.63) is 17.7 Å². The van der Waals surface area contributed by atoms with Crippen molar-refractivity contribution in [2.75, 3.05) is 19.8 Å². The Bertz CT molecular complexity index is 601. The largest absolute Gasteiger partial charge is 0.481 e. The number of terminal acetylenes is 3. The zero-order valence-corrected chi connectivity index (χ0v) is 11.1. The maximum absolute atomic E-state index is 11.4. The molecule has 5 nitrogen and oxygen atoms in total. The number of carboxylic acids is 1. The van der Waals surface area contributed by atoms with Gasteiger partial charge in [0.05, 0.1) is 0 Å². The molecule has 21 heavy (non-hydrogen) atoms. The van der Waals surface area contributed by atoms with Crippen LogP contribution in [0.5, 0.6) is 17.2 Å². The van der Waals surface area contributed by atoms with Crippen molar-refractivity contribution in [3.63, 3.8) is 0 Å². The van der Waals surface area contributed by atoms with Crippen molar-refractivity contribution >= 4 is 5.97 Å². The highest BCUT2D eigenvalue weighted by Crippen LogP contribution is 2.34. The van der Waals surface area contributed by atoms with E-state index in [4.69, 9.17) is 33.5 Å². The van der Waals surface area contributed by atoms with E-state index in [1.807, 2.05) is 0 Å². The van der Waals surface area contributed by atoms with E-state index in [9.17, 15) is 9.90 Å². The molecule has 0 fully saturated rings. The summed E-state index contributed by atoms with van der Waals surface area (Å²) in [7, 11) is 0. The number of hydrogen-bond acceptors (Lipinski definition) is 4. The lowest BCUT2D eigenvalue weighted by Crippen LogP contribution is -2.08. The fourth-order valence-corrected chi connectivity index (χ4v) is 1.45. The molecule has 0 aliphatic carbocycles. The Morgan fingerprint density at radius 3 is 1.76 bits per heavy atom. The van der Waals surface area contributed by atoms with Crippen LogP contribution >= 0.6 is 0 Å². The molecule has 106 valence electrons. The summed E-state index contributed by atoms with van der Waals surface area (Å²) in [5, 5.41) is 9.28. The van der Waals surface area contributed by atoms with Gasteiger partial charge in [0.15, 0.2) is 0 Å². The molecule has 0 unspecified atom stereocenters. The van der Waals surface area contributed by atoms with Crippen molar-refractivity contribution < 1.29 is 24.1 Å². The first-order valence-corrected chi connectivity index (χ1v) is 5.74. The number of aromatic carboxylic acids is 1. The molecule has 1 N–H and O–H groups in total. The van der Waals surface area contributed by atoms with Gasteiger partial charge in [-0.25, -0.2) is 4.79 Å². The molecule has 0 amide bonds. The number of benzene rings is 1. The number of rotatable bonds is 7. The molecular formula is C16H12O5. The molecule has 0 heterocycles. The first-order chi connectivity index (χ1) is 10.1. The normalized spacial score (nSPS) is 8.81. The summed E-state index contributed by atoms with van der Waals surface area (Å²) < 4.78 is 15.7. The SMILES string of the molecule is C#CCOc1cc(OCC#C)c(C(=O)O)c(OCC#C)c1. The van der Waals surface area contributed by atoms with E-state index in [0.29, 0.717) is 0 Å². The second-order valence-corrected chi connectivity index (χ2v) is 3.58. The van der Waals surface area contributed by atoms with Crippen LogP contribution in [-0.4, -0.2) is 30.9 Å². The van der Waals surface area contributed by atoms with Crippen LogP contribution in [0, 0.1) is 37.0 Å². The average Bonchev–Trinajstić information content (AvgIpc) is 2.47. The second kappa shape index (κ2) is 8.04. The molecular weight excluding hydrogens is 272 g/mol. The standard InChI is InChI=1S/C16H12O5/c1-4-7-19-12-10-13(20-8-5-2)15(16(17)18)14(11-12)21-9-6-3/h1-3,10-11H,7-9H2,(H,17,18). The van der Waals surface area contributed by atoms with E-state index in [1.54, 1.807) is 0 Å². The molecule has 1 aromatic carbocycles. The molecule has 0 radical (unpaired) electrons. The Morgan fingerprint density at radius 2 is 1.38 bits per heavy atom. The number of ether oxygens (including phenoxy) is 3. The summed E-state index contributed by atoms with van der Waals surface area (Å²) in [6.45, 7) is -0.198. The van der Waals surface area contributed by atoms with Gasteiger partial charge >= 0.3 is 5.97 Å². The Labute approximate surface area is 122 Å². The Balaban J connectivity index is 3.28. The molecule has 0 atom stereocenters. The lowest BCUT2D eigenvalue weighted by Gasteiger charge is -2.14. The molecule has 0 saturated heterocycles. The van der Waals surface area contributed by atoms with Crippen LogP contribution in [0.3, 0.4) is 0 Å². The van der Waals surface area contributed by atoms with Gasteiger partial charge in [-0.15, -0.1) is 19.3 Å². The Hall–Kier alpha value is -3.23. The van der Waals surface area contributed by atoms with Crippen LogP contribution in [0.4, 0.5) is 0 Å². The summed E-state index contributed by atoms with van der Waals surface area (Å²) >= 11 is 0. The van der Waals surface area contributed by atoms with E-state index in [2.05, 4.69) is 17.8 Å². The maximum Gasteiger partial charge on any atom is 0.343 e. The predicted octanol–water partition coefficient (Wildman–Crippen LogP) is 1.42. The third kappa shape index (κ3) is 4.42. The van der Waals surface area contributed by atoms with E-state index >= 15 is 0 Å². The van der Waals surface area contributed by atoms with Gasteiger partial charge in [0.25, 0.3) is 0 Å². The Morgan fingerprint density at radius 1 is 0.952 bits per heavy atom. The van der Waals surface area contributed by atoms with Crippen LogP contribution in [0.15, 0.2) is 12.1 Å². The minimum atomic E-state index is -1.24. The maximum atomic E-state index is 11.4. The summed E-state index contributed by atoms with van der Waals surface area (Å²) in [6.07, 6.45) is 15.3. The number of carboxylic acid groups (broad SMARTS) is 1. The van der Waals surface area contributed by atoms with Crippen molar-refractivity contribution in [2.24, 2.45) is 0 Å². The lowest BCUT2D eigenvalue weighted by molar-refractivity contribution is 0.0688. The first kappa shape index (κ1) is 15.8. The molecule has 0 bridgehead atoms. The van der Waals surface area contributed by atoms with Gasteiger partial charge < -0.3 is 19.3 Å². The van der Waals surface area contributed by atoms with Gasteiger partial charge in [0, 0.05) is 12.1 Å². The average molecular weight is 284 g/mol. The summed E-state index contributed by atoms with van der Waals surface area (Å²) in [5.41, 5.74) is -0.187. The van der Waals surface area contributed by atoms with Gasteiger partial charge in [-0.2, -0.15) is 0 Å². The summed E-state index contributed by atoms with van der Waals surface area (Å²) in [4.78, 5) is 11.4. The van der Waals surface area contributed by atoms with E-state index in [0.717, 1.165) is 0 Å². The van der Waals surface area contributed by atoms with Crippen molar-refractivity contribution in [3.8, 4) is 54.3 Å². The van der Waals surface area contributed by atoms with Gasteiger partial charge in [-0.3, -0.25) is 0 Å². The highest BCUT2D eigenvalue weighted by Gasteiger charge is 2.20. The first-order valence-electron chi connectivity index (χ1n) is 5.74. The third-order valence-electron chi connectivity index (χ3n) is 2.20. The van der Waals surface area contributed by atoms with Crippen LogP contribution in [0.1, 0.15) is 10.4 Å². The van der Waals surface area contributed by atoms with Gasteiger partial charge in [0.1, 0.15) is 42.6 Å². The fourth-order valence-electron chi connectivity index (χ4n) is 1.45. The molecule has 0 aliphatic rings. The lowest BCUT2D eigenvalue weighted by atomic mass is 10.1. The molecule has 1 aromatic rings. The predicted molar refractivity (Wildman–Crippen MR) is 76.4 cm³/mol. The van der Waals surface area contributed by atoms with Gasteiger partial charge in [-0.05, 0) is 0 Å². The third-order valence-corrected chi connectivity index (χ3v) is 2.20. The number of hydrogen-bond donors (Lipinski definition) is 1. The fraction of sp³-hybridized carbons (Fsp3) is 0.188. The summed E-state index contributed by atoms with van der Waals surface area (Å²) in [6, 6.07) is 2.75. The zero-order chi connectivity index (χ0) is 15.7. The van der Waals surface area contributed by atoms with E-state index < -0.39 is 5.97 Å². The molecule has 1 rings (SSSR count). The molecule has 0 spiro atoms. The molecule has 5 heteroatoms. The zero-order valence-electron chi connectivity index (χ0n) is 11.1. The molecule has 0 aromatic heterocycles. The van der Waals surface area contributed by atoms with Gasteiger partial charge in [0.2, 0.25) is 0 Å².